The Morgan fingerprint density at radius 2 is 1.67 bits per heavy atom. The molecule has 0 saturated heterocycles. The maximum Gasteiger partial charge on any atom is 0.414 e. The molecule has 0 aromatic carbocycles. The first kappa shape index (κ1) is 20.5. The zero-order chi connectivity index (χ0) is 4.71. The van der Waals surface area contributed by atoms with Crippen molar-refractivity contribution in [2.45, 2.75) is 0 Å². The van der Waals surface area contributed by atoms with Gasteiger partial charge in [0.05, 0.1) is 0 Å². The number of rotatable bonds is 0. The first-order valence-electron chi connectivity index (χ1n) is 0.686. The van der Waals surface area contributed by atoms with Gasteiger partial charge in [0.1, 0.15) is 0 Å². The summed E-state index contributed by atoms with van der Waals surface area (Å²) in [4.78, 5) is 8.24. The van der Waals surface area contributed by atoms with Crippen LogP contribution in [0.1, 0.15) is 0 Å². The standard InChI is InChI=1S/CHN.CHO2.HO/c1-2;2-1-3;/h1H;(H,2,3);1H. The van der Waals surface area contributed by atoms with E-state index in [0.29, 0.717) is 6.47 Å². The summed E-state index contributed by atoms with van der Waals surface area (Å²) in [5, 5.41) is 13.3. The van der Waals surface area contributed by atoms with Crippen LogP contribution in [-0.4, -0.2) is 17.1 Å². The summed E-state index contributed by atoms with van der Waals surface area (Å²) >= 11 is 0. The van der Waals surface area contributed by atoms with E-state index in [2.05, 4.69) is 6.57 Å². The van der Waals surface area contributed by atoms with Gasteiger partial charge >= 0.3 is 6.47 Å². The summed E-state index contributed by atoms with van der Waals surface area (Å²) in [6.07, 6.45) is 0. The highest BCUT2D eigenvalue weighted by Crippen LogP contribution is 0.973. The van der Waals surface area contributed by atoms with Crippen molar-refractivity contribution in [2.24, 2.45) is 0 Å². The third-order valence-corrected chi connectivity index (χ3v) is 0. The fraction of sp³-hybridized carbons (Fsp3) is 0. The van der Waals surface area contributed by atoms with E-state index in [-0.39, 0.29) is 5.48 Å². The predicted octanol–water partition coefficient (Wildman–Crippen LogP) is -0.425. The maximum absolute atomic E-state index is 8.24. The number of nitrogens with zero attached hydrogens (tertiary/aromatic N) is 1. The average Bonchev–Trinajstić information content (AvgIpc) is 1.46. The van der Waals surface area contributed by atoms with E-state index in [9.17, 15) is 0 Å². The normalized spacial score (nSPS) is 2.33. The zero-order valence-corrected chi connectivity index (χ0v) is 2.83. The van der Waals surface area contributed by atoms with Crippen molar-refractivity contribution in [3.63, 3.8) is 0 Å². The lowest BCUT2D eigenvalue weighted by Gasteiger charge is -1.29. The Hall–Kier alpha value is -1.08. The van der Waals surface area contributed by atoms with E-state index in [1.807, 2.05) is 0 Å². The molecule has 0 aromatic heterocycles. The summed E-state index contributed by atoms with van der Waals surface area (Å²) in [5.74, 6) is 0. The lowest BCUT2D eigenvalue weighted by atomic mass is 11.7. The molecule has 6 heavy (non-hydrogen) atoms. The van der Waals surface area contributed by atoms with Crippen LogP contribution in [0.4, 0.5) is 0 Å². The fourth-order valence-electron chi connectivity index (χ4n) is 0. The molecule has 0 aliphatic carbocycles. The molecule has 2 N–H and O–H groups in total. The van der Waals surface area contributed by atoms with Gasteiger partial charge in [0.25, 0.3) is 0 Å². The summed E-state index contributed by atoms with van der Waals surface area (Å²) in [6, 6.07) is 0. The van der Waals surface area contributed by atoms with Crippen molar-refractivity contribution < 1.29 is 15.4 Å². The molecule has 0 spiro atoms. The van der Waals surface area contributed by atoms with Gasteiger partial charge in [-0.15, -0.1) is 0 Å². The van der Waals surface area contributed by atoms with Crippen molar-refractivity contribution in [3.8, 4) is 6.57 Å². The molecular weight excluding hydrogens is 86.0 g/mol. The largest absolute Gasteiger partial charge is 0.473 e. The van der Waals surface area contributed by atoms with E-state index in [4.69, 9.17) is 15.2 Å². The smallest absolute Gasteiger partial charge is 0.414 e. The topological polar surface area (TPSA) is 91.1 Å². The third-order valence-electron chi connectivity index (χ3n) is 0. The fourth-order valence-corrected chi connectivity index (χ4v) is 0. The molecule has 0 aromatic rings. The Balaban J connectivity index is -0.0000000275. The monoisotopic (exact) mass is 89.0 g/mol. The molecule has 0 amide bonds. The van der Waals surface area contributed by atoms with Gasteiger partial charge in [-0.1, -0.05) is 0 Å². The number of hydrogen-bond donors (Lipinski definition) is 2. The van der Waals surface area contributed by atoms with Crippen LogP contribution in [0.15, 0.2) is 0 Å². The molecule has 0 bridgehead atoms. The quantitative estimate of drug-likeness (QED) is 0.422. The van der Waals surface area contributed by atoms with Crippen LogP contribution in [-0.2, 0) is 4.79 Å². The highest BCUT2D eigenvalue weighted by Gasteiger charge is 1.30. The van der Waals surface area contributed by atoms with Gasteiger partial charge in [0.15, 0.2) is 0 Å². The molecule has 4 heteroatoms. The minimum atomic E-state index is 0. The van der Waals surface area contributed by atoms with Crippen LogP contribution in [0, 0.1) is 11.8 Å². The van der Waals surface area contributed by atoms with Crippen molar-refractivity contribution in [2.75, 3.05) is 0 Å². The molecule has 0 saturated carbocycles. The lowest BCUT2D eigenvalue weighted by Crippen LogP contribution is -1.48. The van der Waals surface area contributed by atoms with Crippen molar-refractivity contribution in [1.29, 1.82) is 5.26 Å². The molecular formula is C2H3NO3. The van der Waals surface area contributed by atoms with E-state index >= 15 is 0 Å². The second-order valence-electron chi connectivity index (χ2n) is 0.0913. The van der Waals surface area contributed by atoms with E-state index in [1.54, 1.807) is 0 Å². The Bertz CT molecular complexity index is 33.0. The van der Waals surface area contributed by atoms with Gasteiger partial charge in [-0.05, 0) is 0 Å². The molecule has 0 heterocycles. The average molecular weight is 89.0 g/mol. The van der Waals surface area contributed by atoms with Gasteiger partial charge in [-0.2, -0.15) is 0 Å². The van der Waals surface area contributed by atoms with E-state index in [1.165, 1.54) is 0 Å². The zero-order valence-electron chi connectivity index (χ0n) is 2.83. The van der Waals surface area contributed by atoms with Crippen LogP contribution in [0.2, 0.25) is 0 Å². The highest BCUT2D eigenvalue weighted by molar-refractivity contribution is 5.34. The Labute approximate surface area is 34.9 Å². The molecule has 4 nitrogen and oxygen atoms in total. The first-order valence-corrected chi connectivity index (χ1v) is 0.686. The summed E-state index contributed by atoms with van der Waals surface area (Å²) in [7, 11) is 0. The Kier molecular flexibility index (Phi) is 17900. The maximum atomic E-state index is 8.24. The van der Waals surface area contributed by atoms with Gasteiger partial charge in [-0.25, -0.2) is 10.1 Å². The second kappa shape index (κ2) is 5220. The SMILES string of the molecule is C#N.O=[C]O.[OH]. The van der Waals surface area contributed by atoms with Crippen LogP contribution in [0.3, 0.4) is 0 Å². The summed E-state index contributed by atoms with van der Waals surface area (Å²) < 4.78 is 0. The number of hydrogen-bond acceptors (Lipinski definition) is 2. The van der Waals surface area contributed by atoms with Gasteiger partial charge in [0.2, 0.25) is 0 Å². The lowest BCUT2D eigenvalue weighted by molar-refractivity contribution is 0.437. The second-order valence-corrected chi connectivity index (χ2v) is 0.0913. The van der Waals surface area contributed by atoms with Gasteiger partial charge in [-0.3, -0.25) is 5.48 Å². The molecule has 0 aliphatic rings. The van der Waals surface area contributed by atoms with Crippen molar-refractivity contribution in [3.05, 3.63) is 0 Å². The third kappa shape index (κ3) is 9.23. The van der Waals surface area contributed by atoms with Crippen LogP contribution < -0.4 is 0 Å². The summed E-state index contributed by atoms with van der Waals surface area (Å²) in [6.45, 7) is 4.00. The van der Waals surface area contributed by atoms with E-state index in [0.717, 1.165) is 0 Å². The van der Waals surface area contributed by atoms with Gasteiger partial charge < -0.3 is 5.11 Å². The minimum absolute atomic E-state index is 0. The Morgan fingerprint density at radius 3 is 1.67 bits per heavy atom. The van der Waals surface area contributed by atoms with Crippen molar-refractivity contribution in [1.82, 2.24) is 0 Å². The predicted molar refractivity (Wildman–Crippen MR) is 16.9 cm³/mol. The van der Waals surface area contributed by atoms with Crippen molar-refractivity contribution >= 4 is 6.47 Å². The molecule has 0 aliphatic heterocycles. The summed E-state index contributed by atoms with van der Waals surface area (Å²) in [5.41, 5.74) is 0. The molecule has 0 unspecified atom stereocenters. The number of aliphatic hydroxyl groups excluding tert-OH is 1. The first-order chi connectivity index (χ1) is 2.41. The van der Waals surface area contributed by atoms with Gasteiger partial charge in [0, 0.05) is 6.57 Å². The van der Waals surface area contributed by atoms with Crippen LogP contribution >= 0.6 is 0 Å². The van der Waals surface area contributed by atoms with Crippen LogP contribution in [0.5, 0.6) is 0 Å². The Morgan fingerprint density at radius 1 is 1.67 bits per heavy atom. The number of nitriles is 1. The molecule has 2 radical (unpaired) electrons. The molecule has 0 rings (SSSR count). The molecule has 0 fully saturated rings. The minimum Gasteiger partial charge on any atom is -0.473 e. The molecule has 0 atom stereocenters. The highest BCUT2D eigenvalue weighted by atomic mass is 16.3. The van der Waals surface area contributed by atoms with Crippen LogP contribution in [0.25, 0.3) is 0 Å². The molecule has 34 valence electrons. The van der Waals surface area contributed by atoms with E-state index < -0.39 is 0 Å².